The smallest absolute Gasteiger partial charge is 0.332 e. The predicted octanol–water partition coefficient (Wildman–Crippen LogP) is -1.97. The first kappa shape index (κ1) is 13.4. The number of hydrogen-bond acceptors (Lipinski definition) is 4. The van der Waals surface area contributed by atoms with E-state index in [0.29, 0.717) is 30.7 Å². The fourth-order valence-electron chi connectivity index (χ4n) is 3.09. The van der Waals surface area contributed by atoms with Gasteiger partial charge in [-0.3, -0.25) is 13.9 Å². The highest BCUT2D eigenvalue weighted by molar-refractivity contribution is 5.43. The van der Waals surface area contributed by atoms with Crippen molar-refractivity contribution in [2.45, 2.75) is 25.5 Å². The van der Waals surface area contributed by atoms with Gasteiger partial charge >= 0.3 is 5.69 Å². The van der Waals surface area contributed by atoms with E-state index in [1.54, 1.807) is 7.05 Å². The third kappa shape index (κ3) is 2.16. The molecule has 0 aromatic carbocycles. The molecular formula is C13H21N4O3+. The first-order valence-corrected chi connectivity index (χ1v) is 7.06. The van der Waals surface area contributed by atoms with Crippen molar-refractivity contribution >= 4 is 5.82 Å². The first-order chi connectivity index (χ1) is 9.58. The van der Waals surface area contributed by atoms with Gasteiger partial charge < -0.3 is 15.0 Å². The first-order valence-electron chi connectivity index (χ1n) is 7.06. The van der Waals surface area contributed by atoms with Gasteiger partial charge in [-0.05, 0) is 12.8 Å². The Morgan fingerprint density at radius 2 is 2.15 bits per heavy atom. The number of anilines is 1. The summed E-state index contributed by atoms with van der Waals surface area (Å²) in [6, 6.07) is 0. The summed E-state index contributed by atoms with van der Waals surface area (Å²) in [6.07, 6.45) is 2.52. The summed E-state index contributed by atoms with van der Waals surface area (Å²) in [4.78, 5) is 25.4. The van der Waals surface area contributed by atoms with Crippen LogP contribution in [0.2, 0.25) is 0 Å². The van der Waals surface area contributed by atoms with E-state index >= 15 is 0 Å². The van der Waals surface area contributed by atoms with Gasteiger partial charge in [0.2, 0.25) is 0 Å². The highest BCUT2D eigenvalue weighted by atomic mass is 16.5. The molecule has 2 N–H and O–H groups in total. The number of fused-ring (bicyclic) bond motifs is 1. The maximum absolute atomic E-state index is 12.2. The van der Waals surface area contributed by atoms with Gasteiger partial charge in [-0.15, -0.1) is 0 Å². The van der Waals surface area contributed by atoms with E-state index in [0.717, 1.165) is 26.0 Å². The third-order valence-corrected chi connectivity index (χ3v) is 4.23. The molecule has 1 fully saturated rings. The summed E-state index contributed by atoms with van der Waals surface area (Å²) >= 11 is 0. The van der Waals surface area contributed by atoms with E-state index in [1.807, 2.05) is 0 Å². The number of aromatic nitrogens is 2. The maximum Gasteiger partial charge on any atom is 0.332 e. The van der Waals surface area contributed by atoms with Crippen LogP contribution in [-0.4, -0.2) is 35.1 Å². The van der Waals surface area contributed by atoms with Crippen LogP contribution in [0, 0.1) is 0 Å². The SMILES string of the molecule is Cn1c2c(c(=O)n(C)c1=O)C[NH+](C[C@H]1CCCO1)CN2. The monoisotopic (exact) mass is 281 g/mol. The van der Waals surface area contributed by atoms with Crippen molar-refractivity contribution in [3.63, 3.8) is 0 Å². The van der Waals surface area contributed by atoms with E-state index < -0.39 is 0 Å². The van der Waals surface area contributed by atoms with Gasteiger partial charge in [-0.1, -0.05) is 0 Å². The zero-order valence-corrected chi connectivity index (χ0v) is 11.9. The van der Waals surface area contributed by atoms with E-state index in [1.165, 1.54) is 21.1 Å². The summed E-state index contributed by atoms with van der Waals surface area (Å²) in [6.45, 7) is 3.10. The Balaban J connectivity index is 1.87. The van der Waals surface area contributed by atoms with Crippen molar-refractivity contribution < 1.29 is 9.64 Å². The number of quaternary nitrogens is 1. The van der Waals surface area contributed by atoms with Gasteiger partial charge in [0.25, 0.3) is 5.56 Å². The Kier molecular flexibility index (Phi) is 3.39. The van der Waals surface area contributed by atoms with Crippen LogP contribution in [0.1, 0.15) is 18.4 Å². The van der Waals surface area contributed by atoms with Crippen LogP contribution in [0.3, 0.4) is 0 Å². The number of ether oxygens (including phenoxy) is 1. The molecule has 2 aliphatic rings. The Bertz CT molecular complexity index is 628. The Labute approximate surface area is 116 Å². The molecule has 1 unspecified atom stereocenters. The minimum Gasteiger partial charge on any atom is -0.372 e. The lowest BCUT2D eigenvalue weighted by molar-refractivity contribution is -0.915. The number of nitrogens with zero attached hydrogens (tertiary/aromatic N) is 2. The summed E-state index contributed by atoms with van der Waals surface area (Å²) in [7, 11) is 3.22. The molecule has 0 spiro atoms. The summed E-state index contributed by atoms with van der Waals surface area (Å²) in [5.74, 6) is 0.661. The molecule has 0 amide bonds. The molecule has 0 radical (unpaired) electrons. The molecule has 0 saturated carbocycles. The molecule has 110 valence electrons. The van der Waals surface area contributed by atoms with E-state index in [-0.39, 0.29) is 11.2 Å². The molecule has 3 rings (SSSR count). The predicted molar refractivity (Wildman–Crippen MR) is 73.9 cm³/mol. The van der Waals surface area contributed by atoms with Crippen molar-refractivity contribution in [2.24, 2.45) is 14.1 Å². The summed E-state index contributed by atoms with van der Waals surface area (Å²) in [5.41, 5.74) is 0.206. The minimum absolute atomic E-state index is 0.194. The van der Waals surface area contributed by atoms with Crippen LogP contribution in [0.25, 0.3) is 0 Å². The van der Waals surface area contributed by atoms with Gasteiger partial charge in [0, 0.05) is 20.7 Å². The molecule has 3 heterocycles. The van der Waals surface area contributed by atoms with Crippen molar-refractivity contribution in [3.05, 3.63) is 26.4 Å². The van der Waals surface area contributed by atoms with Crippen molar-refractivity contribution in [3.8, 4) is 0 Å². The number of rotatable bonds is 2. The minimum atomic E-state index is -0.288. The molecule has 1 saturated heterocycles. The topological polar surface area (TPSA) is 69.7 Å². The molecule has 7 heteroatoms. The van der Waals surface area contributed by atoms with Gasteiger partial charge in [0.15, 0.2) is 6.67 Å². The molecule has 1 aromatic rings. The van der Waals surface area contributed by atoms with Crippen molar-refractivity contribution in [1.29, 1.82) is 0 Å². The fraction of sp³-hybridized carbons (Fsp3) is 0.692. The second-order valence-corrected chi connectivity index (χ2v) is 5.65. The summed E-state index contributed by atoms with van der Waals surface area (Å²) in [5, 5.41) is 3.22. The fourth-order valence-corrected chi connectivity index (χ4v) is 3.09. The lowest BCUT2D eigenvalue weighted by atomic mass is 10.2. The standard InChI is InChI=1S/C13H20N4O3/c1-15-11-10(12(18)16(2)13(15)19)7-17(8-14-11)6-9-4-3-5-20-9/h9,14H,3-8H2,1-2H3/p+1/t9-/m1/s1. The molecule has 20 heavy (non-hydrogen) atoms. The van der Waals surface area contributed by atoms with E-state index in [9.17, 15) is 9.59 Å². The van der Waals surface area contributed by atoms with Crippen molar-refractivity contribution in [1.82, 2.24) is 9.13 Å². The quantitative estimate of drug-likeness (QED) is 0.660. The van der Waals surface area contributed by atoms with E-state index in [4.69, 9.17) is 4.74 Å². The summed E-state index contributed by atoms with van der Waals surface area (Å²) < 4.78 is 8.34. The average molecular weight is 281 g/mol. The van der Waals surface area contributed by atoms with Crippen LogP contribution in [0.5, 0.6) is 0 Å². The second-order valence-electron chi connectivity index (χ2n) is 5.65. The van der Waals surface area contributed by atoms with Gasteiger partial charge in [-0.25, -0.2) is 4.79 Å². The number of nitrogens with one attached hydrogen (secondary N) is 2. The van der Waals surface area contributed by atoms with Gasteiger partial charge in [0.05, 0.1) is 0 Å². The van der Waals surface area contributed by atoms with Crippen LogP contribution >= 0.6 is 0 Å². The normalized spacial score (nSPS) is 25.3. The highest BCUT2D eigenvalue weighted by Crippen LogP contribution is 2.12. The zero-order chi connectivity index (χ0) is 14.3. The Morgan fingerprint density at radius 1 is 1.35 bits per heavy atom. The lowest BCUT2D eigenvalue weighted by Crippen LogP contribution is -3.13. The average Bonchev–Trinajstić information content (AvgIpc) is 2.95. The van der Waals surface area contributed by atoms with Crippen LogP contribution in [-0.2, 0) is 25.4 Å². The number of hydrogen-bond donors (Lipinski definition) is 2. The van der Waals surface area contributed by atoms with E-state index in [2.05, 4.69) is 5.32 Å². The molecule has 0 bridgehead atoms. The molecule has 7 nitrogen and oxygen atoms in total. The van der Waals surface area contributed by atoms with Crippen LogP contribution in [0.4, 0.5) is 5.82 Å². The Morgan fingerprint density at radius 3 is 2.85 bits per heavy atom. The molecular weight excluding hydrogens is 260 g/mol. The van der Waals surface area contributed by atoms with Crippen LogP contribution in [0.15, 0.2) is 9.59 Å². The molecule has 2 aliphatic heterocycles. The lowest BCUT2D eigenvalue weighted by Gasteiger charge is -2.29. The molecule has 0 aliphatic carbocycles. The third-order valence-electron chi connectivity index (χ3n) is 4.23. The van der Waals surface area contributed by atoms with Gasteiger partial charge in [-0.2, -0.15) is 0 Å². The Hall–Kier alpha value is -1.60. The molecule has 2 atom stereocenters. The molecule has 1 aromatic heterocycles. The van der Waals surface area contributed by atoms with Crippen LogP contribution < -0.4 is 21.5 Å². The second kappa shape index (κ2) is 5.06. The largest absolute Gasteiger partial charge is 0.372 e. The zero-order valence-electron chi connectivity index (χ0n) is 11.9. The van der Waals surface area contributed by atoms with Crippen molar-refractivity contribution in [2.75, 3.05) is 25.1 Å². The highest BCUT2D eigenvalue weighted by Gasteiger charge is 2.28. The van der Waals surface area contributed by atoms with Gasteiger partial charge in [0.1, 0.15) is 30.6 Å². The maximum atomic E-state index is 12.2.